The van der Waals surface area contributed by atoms with Gasteiger partial charge in [-0.05, 0) is 18.2 Å². The minimum Gasteiger partial charge on any atom is -0.376 e. The highest BCUT2D eigenvalue weighted by molar-refractivity contribution is 6.29. The zero-order valence-corrected chi connectivity index (χ0v) is 11.2. The molecule has 0 saturated carbocycles. The lowest BCUT2D eigenvalue weighted by Gasteiger charge is -2.16. The van der Waals surface area contributed by atoms with Crippen LogP contribution in [0.3, 0.4) is 0 Å². The van der Waals surface area contributed by atoms with Crippen molar-refractivity contribution in [3.05, 3.63) is 41.4 Å². The first-order valence-corrected chi connectivity index (χ1v) is 5.87. The number of aromatic nitrogens is 3. The van der Waals surface area contributed by atoms with Crippen LogP contribution in [0.5, 0.6) is 0 Å². The second-order valence-corrected chi connectivity index (χ2v) is 4.37. The Balaban J connectivity index is 2.22. The van der Waals surface area contributed by atoms with Gasteiger partial charge in [-0.15, -0.1) is 10.2 Å². The van der Waals surface area contributed by atoms with Crippen LogP contribution in [0, 0.1) is 0 Å². The Bertz CT molecular complexity index is 585. The number of hydrogen-bond acceptors (Lipinski definition) is 5. The summed E-state index contributed by atoms with van der Waals surface area (Å²) in [5, 5.41) is 10.3. The molecule has 2 rings (SSSR count). The van der Waals surface area contributed by atoms with Crippen molar-refractivity contribution in [3.8, 4) is 0 Å². The molecule has 1 N–H and O–H groups in total. The molecule has 2 aromatic rings. The van der Waals surface area contributed by atoms with Gasteiger partial charge in [0.2, 0.25) is 0 Å². The van der Waals surface area contributed by atoms with Crippen molar-refractivity contribution >= 4 is 28.9 Å². The van der Waals surface area contributed by atoms with Crippen LogP contribution in [0.4, 0.5) is 11.4 Å². The quantitative estimate of drug-likeness (QED) is 0.927. The van der Waals surface area contributed by atoms with Crippen LogP contribution in [0.25, 0.3) is 0 Å². The molecule has 0 atom stereocenters. The number of halogens is 1. The fourth-order valence-corrected chi connectivity index (χ4v) is 1.60. The fraction of sp³-hybridized carbons (Fsp3) is 0.167. The summed E-state index contributed by atoms with van der Waals surface area (Å²) in [6, 6.07) is 4.83. The standard InChI is InChI=1S/C12H12ClN5O/c1-18(2)10-5-6-14-7-9(10)15-12(19)8-3-4-11(13)17-16-8/h3-7H,1-2H3,(H,15,19). The van der Waals surface area contributed by atoms with Crippen molar-refractivity contribution in [2.24, 2.45) is 0 Å². The third-order valence-corrected chi connectivity index (χ3v) is 2.59. The highest BCUT2D eigenvalue weighted by Crippen LogP contribution is 2.22. The van der Waals surface area contributed by atoms with Gasteiger partial charge in [0.25, 0.3) is 5.91 Å². The predicted molar refractivity (Wildman–Crippen MR) is 73.6 cm³/mol. The van der Waals surface area contributed by atoms with E-state index in [1.54, 1.807) is 12.4 Å². The molecule has 0 aliphatic carbocycles. The van der Waals surface area contributed by atoms with E-state index in [2.05, 4.69) is 20.5 Å². The summed E-state index contributed by atoms with van der Waals surface area (Å²) in [6.45, 7) is 0. The van der Waals surface area contributed by atoms with Crippen molar-refractivity contribution in [2.45, 2.75) is 0 Å². The van der Waals surface area contributed by atoms with Crippen molar-refractivity contribution in [2.75, 3.05) is 24.3 Å². The SMILES string of the molecule is CN(C)c1ccncc1NC(=O)c1ccc(Cl)nn1. The summed E-state index contributed by atoms with van der Waals surface area (Å²) in [5.41, 5.74) is 1.65. The molecule has 0 aromatic carbocycles. The number of carbonyl (C=O) groups excluding carboxylic acids is 1. The Labute approximate surface area is 115 Å². The van der Waals surface area contributed by atoms with Crippen LogP contribution in [-0.4, -0.2) is 35.2 Å². The number of nitrogens with one attached hydrogen (secondary N) is 1. The third kappa shape index (κ3) is 3.17. The van der Waals surface area contributed by atoms with Gasteiger partial charge in [0.05, 0.1) is 17.6 Å². The predicted octanol–water partition coefficient (Wildman–Crippen LogP) is 1.84. The molecule has 0 bridgehead atoms. The smallest absolute Gasteiger partial charge is 0.276 e. The molecule has 1 amide bonds. The van der Waals surface area contributed by atoms with Crippen LogP contribution in [-0.2, 0) is 0 Å². The van der Waals surface area contributed by atoms with E-state index in [0.717, 1.165) is 5.69 Å². The molecule has 7 heteroatoms. The molecule has 0 aliphatic heterocycles. The van der Waals surface area contributed by atoms with Gasteiger partial charge >= 0.3 is 0 Å². The van der Waals surface area contributed by atoms with E-state index in [1.807, 2.05) is 25.1 Å². The van der Waals surface area contributed by atoms with Crippen LogP contribution in [0.15, 0.2) is 30.6 Å². The molecule has 6 nitrogen and oxygen atoms in total. The van der Waals surface area contributed by atoms with Gasteiger partial charge in [0.1, 0.15) is 0 Å². The van der Waals surface area contributed by atoms with Crippen LogP contribution < -0.4 is 10.2 Å². The summed E-state index contributed by atoms with van der Waals surface area (Å²) >= 11 is 5.62. The number of pyridine rings is 1. The lowest BCUT2D eigenvalue weighted by Crippen LogP contribution is -2.18. The van der Waals surface area contributed by atoms with Crippen LogP contribution in [0.1, 0.15) is 10.5 Å². The Kier molecular flexibility index (Phi) is 3.91. The third-order valence-electron chi connectivity index (χ3n) is 2.39. The molecule has 2 aromatic heterocycles. The first kappa shape index (κ1) is 13.2. The Morgan fingerprint density at radius 1 is 1.26 bits per heavy atom. The molecule has 2 heterocycles. The fourth-order valence-electron chi connectivity index (χ4n) is 1.50. The van der Waals surface area contributed by atoms with E-state index in [0.29, 0.717) is 5.69 Å². The van der Waals surface area contributed by atoms with Gasteiger partial charge in [-0.2, -0.15) is 0 Å². The van der Waals surface area contributed by atoms with Gasteiger partial charge in [0, 0.05) is 20.3 Å². The number of hydrogen-bond donors (Lipinski definition) is 1. The minimum atomic E-state index is -0.361. The van der Waals surface area contributed by atoms with Crippen molar-refractivity contribution in [3.63, 3.8) is 0 Å². The van der Waals surface area contributed by atoms with E-state index in [9.17, 15) is 4.79 Å². The van der Waals surface area contributed by atoms with E-state index in [4.69, 9.17) is 11.6 Å². The maximum Gasteiger partial charge on any atom is 0.276 e. The summed E-state index contributed by atoms with van der Waals surface area (Å²) in [5.74, 6) is -0.361. The van der Waals surface area contributed by atoms with E-state index >= 15 is 0 Å². The van der Waals surface area contributed by atoms with Gasteiger partial charge in [0.15, 0.2) is 10.8 Å². The molecule has 19 heavy (non-hydrogen) atoms. The molecule has 0 saturated heterocycles. The van der Waals surface area contributed by atoms with Crippen LogP contribution in [0.2, 0.25) is 5.15 Å². The Morgan fingerprint density at radius 2 is 2.05 bits per heavy atom. The Morgan fingerprint density at radius 3 is 2.68 bits per heavy atom. The molecule has 0 fully saturated rings. The Hall–Kier alpha value is -2.21. The second kappa shape index (κ2) is 5.62. The minimum absolute atomic E-state index is 0.193. The summed E-state index contributed by atoms with van der Waals surface area (Å²) in [7, 11) is 3.76. The number of anilines is 2. The topological polar surface area (TPSA) is 71.0 Å². The van der Waals surface area contributed by atoms with Crippen molar-refractivity contribution in [1.29, 1.82) is 0 Å². The number of rotatable bonds is 3. The summed E-state index contributed by atoms with van der Waals surface area (Å²) in [4.78, 5) is 17.9. The monoisotopic (exact) mass is 277 g/mol. The molecular formula is C12H12ClN5O. The van der Waals surface area contributed by atoms with Gasteiger partial charge in [-0.3, -0.25) is 9.78 Å². The average Bonchev–Trinajstić information content (AvgIpc) is 2.39. The zero-order valence-electron chi connectivity index (χ0n) is 10.5. The second-order valence-electron chi connectivity index (χ2n) is 3.98. The molecule has 0 unspecified atom stereocenters. The number of amides is 1. The first-order chi connectivity index (χ1) is 9.08. The highest BCUT2D eigenvalue weighted by atomic mass is 35.5. The number of carbonyl (C=O) groups is 1. The number of nitrogens with zero attached hydrogens (tertiary/aromatic N) is 4. The molecular weight excluding hydrogens is 266 g/mol. The highest BCUT2D eigenvalue weighted by Gasteiger charge is 2.11. The normalized spacial score (nSPS) is 10.1. The van der Waals surface area contributed by atoms with Gasteiger partial charge < -0.3 is 10.2 Å². The average molecular weight is 278 g/mol. The lowest BCUT2D eigenvalue weighted by molar-refractivity contribution is 0.102. The van der Waals surface area contributed by atoms with Crippen molar-refractivity contribution < 1.29 is 4.79 Å². The van der Waals surface area contributed by atoms with Gasteiger partial charge in [-0.25, -0.2) is 0 Å². The molecule has 0 radical (unpaired) electrons. The summed E-state index contributed by atoms with van der Waals surface area (Å²) in [6.07, 6.45) is 3.24. The molecule has 98 valence electrons. The van der Waals surface area contributed by atoms with E-state index in [1.165, 1.54) is 12.1 Å². The van der Waals surface area contributed by atoms with Crippen molar-refractivity contribution in [1.82, 2.24) is 15.2 Å². The van der Waals surface area contributed by atoms with Crippen LogP contribution >= 0.6 is 11.6 Å². The maximum atomic E-state index is 12.0. The zero-order chi connectivity index (χ0) is 13.8. The van der Waals surface area contributed by atoms with E-state index in [-0.39, 0.29) is 16.8 Å². The summed E-state index contributed by atoms with van der Waals surface area (Å²) < 4.78 is 0. The maximum absolute atomic E-state index is 12.0. The van der Waals surface area contributed by atoms with Gasteiger partial charge in [-0.1, -0.05) is 11.6 Å². The largest absolute Gasteiger partial charge is 0.376 e. The van der Waals surface area contributed by atoms with E-state index < -0.39 is 0 Å². The first-order valence-electron chi connectivity index (χ1n) is 5.50. The lowest BCUT2D eigenvalue weighted by atomic mass is 10.3. The molecule has 0 aliphatic rings. The molecule has 0 spiro atoms.